The Bertz CT molecular complexity index is 699. The maximum atomic E-state index is 6.22. The number of aromatic nitrogens is 3. The Labute approximate surface area is 120 Å². The first-order chi connectivity index (χ1) is 9.20. The van der Waals surface area contributed by atoms with Gasteiger partial charge in [0.2, 0.25) is 0 Å². The van der Waals surface area contributed by atoms with E-state index in [-0.39, 0.29) is 6.04 Å². The van der Waals surface area contributed by atoms with Crippen LogP contribution in [0.1, 0.15) is 17.3 Å². The number of nitrogens with zero attached hydrogens (tertiary/aromatic N) is 3. The highest BCUT2D eigenvalue weighted by Crippen LogP contribution is 2.29. The van der Waals surface area contributed by atoms with Crippen molar-refractivity contribution in [1.29, 1.82) is 0 Å². The lowest BCUT2D eigenvalue weighted by Crippen LogP contribution is -2.21. The van der Waals surface area contributed by atoms with Gasteiger partial charge in [-0.25, -0.2) is 0 Å². The van der Waals surface area contributed by atoms with E-state index in [0.717, 1.165) is 16.8 Å². The van der Waals surface area contributed by atoms with Gasteiger partial charge in [-0.3, -0.25) is 9.67 Å². The number of rotatable bonds is 3. The fraction of sp³-hybridized carbons (Fsp3) is 0.231. The minimum absolute atomic E-state index is 0.0148. The Kier molecular flexibility index (Phi) is 3.26. The van der Waals surface area contributed by atoms with Crippen LogP contribution < -0.4 is 5.32 Å². The Hall–Kier alpha value is -1.43. The summed E-state index contributed by atoms with van der Waals surface area (Å²) in [5.74, 6) is 0. The van der Waals surface area contributed by atoms with E-state index in [0.29, 0.717) is 5.02 Å². The molecule has 0 aromatic carbocycles. The molecule has 0 amide bonds. The lowest BCUT2D eigenvalue weighted by atomic mass is 10.1. The van der Waals surface area contributed by atoms with Gasteiger partial charge in [0.05, 0.1) is 33.2 Å². The summed E-state index contributed by atoms with van der Waals surface area (Å²) in [6.07, 6.45) is 3.55. The molecule has 0 fully saturated rings. The number of nitrogens with one attached hydrogen (secondary N) is 1. The van der Waals surface area contributed by atoms with Crippen molar-refractivity contribution in [2.45, 2.75) is 6.04 Å². The highest BCUT2D eigenvalue weighted by atomic mass is 35.5. The van der Waals surface area contributed by atoms with E-state index >= 15 is 0 Å². The van der Waals surface area contributed by atoms with E-state index in [2.05, 4.69) is 21.5 Å². The second kappa shape index (κ2) is 4.92. The van der Waals surface area contributed by atoms with Crippen molar-refractivity contribution in [1.82, 2.24) is 20.1 Å². The molecular formula is C13H13ClN4S. The van der Waals surface area contributed by atoms with Gasteiger partial charge in [0.15, 0.2) is 0 Å². The summed E-state index contributed by atoms with van der Waals surface area (Å²) < 4.78 is 2.97. The number of thiophene rings is 1. The zero-order valence-electron chi connectivity index (χ0n) is 10.6. The summed E-state index contributed by atoms with van der Waals surface area (Å²) >= 11 is 7.91. The monoisotopic (exact) mass is 292 g/mol. The van der Waals surface area contributed by atoms with Gasteiger partial charge >= 0.3 is 0 Å². The predicted octanol–water partition coefficient (Wildman–Crippen LogP) is 2.99. The largest absolute Gasteiger partial charge is 0.308 e. The predicted molar refractivity (Wildman–Crippen MR) is 78.7 cm³/mol. The summed E-state index contributed by atoms with van der Waals surface area (Å²) in [6.45, 7) is 0. The molecule has 0 saturated heterocycles. The third kappa shape index (κ3) is 2.14. The molecule has 3 aromatic rings. The van der Waals surface area contributed by atoms with Crippen LogP contribution in [0.5, 0.6) is 0 Å². The van der Waals surface area contributed by atoms with Crippen LogP contribution in [0.4, 0.5) is 0 Å². The third-order valence-corrected chi connectivity index (χ3v) is 4.30. The number of pyridine rings is 1. The molecule has 0 radical (unpaired) electrons. The van der Waals surface area contributed by atoms with E-state index in [1.165, 1.54) is 4.70 Å². The maximum Gasteiger partial charge on any atom is 0.0837 e. The average Bonchev–Trinajstić information content (AvgIpc) is 3.00. The molecule has 1 atom stereocenters. The van der Waals surface area contributed by atoms with Crippen LogP contribution in [0.25, 0.3) is 10.2 Å². The standard InChI is InChI=1S/C13H13ClN4S/c1-15-12(13-9(14)7-17-18(13)2)8-5-11-10(16-6-8)3-4-19-11/h3-7,12,15H,1-2H3. The molecule has 0 aliphatic heterocycles. The van der Waals surface area contributed by atoms with Crippen molar-refractivity contribution in [2.75, 3.05) is 7.05 Å². The van der Waals surface area contributed by atoms with Crippen LogP contribution >= 0.6 is 22.9 Å². The Morgan fingerprint density at radius 2 is 2.26 bits per heavy atom. The molecule has 0 aliphatic rings. The van der Waals surface area contributed by atoms with E-state index in [1.54, 1.807) is 22.2 Å². The van der Waals surface area contributed by atoms with Crippen LogP contribution in [-0.2, 0) is 7.05 Å². The normalized spacial score (nSPS) is 13.0. The van der Waals surface area contributed by atoms with Crippen molar-refractivity contribution in [3.8, 4) is 0 Å². The summed E-state index contributed by atoms with van der Waals surface area (Å²) in [5.41, 5.74) is 3.06. The van der Waals surface area contributed by atoms with Gasteiger partial charge in [-0.15, -0.1) is 11.3 Å². The van der Waals surface area contributed by atoms with Crippen LogP contribution in [-0.4, -0.2) is 21.8 Å². The second-order valence-electron chi connectivity index (χ2n) is 4.30. The minimum atomic E-state index is -0.0148. The Morgan fingerprint density at radius 3 is 2.95 bits per heavy atom. The number of halogens is 1. The number of aryl methyl sites for hydroxylation is 1. The quantitative estimate of drug-likeness (QED) is 0.807. The van der Waals surface area contributed by atoms with Gasteiger partial charge < -0.3 is 5.32 Å². The first kappa shape index (κ1) is 12.6. The van der Waals surface area contributed by atoms with Crippen molar-refractivity contribution >= 4 is 33.2 Å². The van der Waals surface area contributed by atoms with Gasteiger partial charge in [-0.1, -0.05) is 11.6 Å². The van der Waals surface area contributed by atoms with Crippen molar-refractivity contribution in [2.24, 2.45) is 7.05 Å². The minimum Gasteiger partial charge on any atom is -0.308 e. The third-order valence-electron chi connectivity index (χ3n) is 3.16. The zero-order chi connectivity index (χ0) is 13.4. The molecule has 0 saturated carbocycles. The number of hydrogen-bond acceptors (Lipinski definition) is 4. The first-order valence-corrected chi connectivity index (χ1v) is 7.14. The molecule has 1 N–H and O–H groups in total. The average molecular weight is 293 g/mol. The molecule has 0 bridgehead atoms. The molecule has 3 rings (SSSR count). The first-order valence-electron chi connectivity index (χ1n) is 5.88. The fourth-order valence-corrected chi connectivity index (χ4v) is 3.29. The molecule has 4 nitrogen and oxygen atoms in total. The van der Waals surface area contributed by atoms with E-state index in [1.807, 2.05) is 31.7 Å². The van der Waals surface area contributed by atoms with E-state index < -0.39 is 0 Å². The van der Waals surface area contributed by atoms with Crippen LogP contribution in [0.3, 0.4) is 0 Å². The lowest BCUT2D eigenvalue weighted by Gasteiger charge is -2.17. The lowest BCUT2D eigenvalue weighted by molar-refractivity contribution is 0.605. The van der Waals surface area contributed by atoms with Gasteiger partial charge in [0, 0.05) is 13.2 Å². The molecule has 3 heterocycles. The Morgan fingerprint density at radius 1 is 1.42 bits per heavy atom. The van der Waals surface area contributed by atoms with Crippen LogP contribution in [0.15, 0.2) is 29.9 Å². The van der Waals surface area contributed by atoms with Crippen molar-refractivity contribution in [3.63, 3.8) is 0 Å². The molecule has 1 unspecified atom stereocenters. The zero-order valence-corrected chi connectivity index (χ0v) is 12.2. The molecule has 0 aliphatic carbocycles. The van der Waals surface area contributed by atoms with E-state index in [4.69, 9.17) is 11.6 Å². The molecule has 0 spiro atoms. The van der Waals surface area contributed by atoms with Crippen LogP contribution in [0, 0.1) is 0 Å². The smallest absolute Gasteiger partial charge is 0.0837 e. The second-order valence-corrected chi connectivity index (χ2v) is 5.65. The topological polar surface area (TPSA) is 42.7 Å². The summed E-state index contributed by atoms with van der Waals surface area (Å²) in [5, 5.41) is 10.2. The molecule has 19 heavy (non-hydrogen) atoms. The van der Waals surface area contributed by atoms with Gasteiger partial charge in [0.1, 0.15) is 0 Å². The molecular weight excluding hydrogens is 280 g/mol. The van der Waals surface area contributed by atoms with Gasteiger partial charge in [-0.2, -0.15) is 5.10 Å². The summed E-state index contributed by atoms with van der Waals surface area (Å²) in [6, 6.07) is 4.16. The summed E-state index contributed by atoms with van der Waals surface area (Å²) in [4.78, 5) is 4.48. The molecule has 3 aromatic heterocycles. The van der Waals surface area contributed by atoms with Gasteiger partial charge in [-0.05, 0) is 30.1 Å². The maximum absolute atomic E-state index is 6.22. The highest BCUT2D eigenvalue weighted by Gasteiger charge is 2.20. The fourth-order valence-electron chi connectivity index (χ4n) is 2.23. The SMILES string of the molecule is CNC(c1cnc2ccsc2c1)c1c(Cl)cnn1C. The number of hydrogen-bond donors (Lipinski definition) is 1. The highest BCUT2D eigenvalue weighted by molar-refractivity contribution is 7.17. The van der Waals surface area contributed by atoms with Crippen molar-refractivity contribution < 1.29 is 0 Å². The number of fused-ring (bicyclic) bond motifs is 1. The molecule has 6 heteroatoms. The Balaban J connectivity index is 2.11. The van der Waals surface area contributed by atoms with Crippen molar-refractivity contribution in [3.05, 3.63) is 46.2 Å². The van der Waals surface area contributed by atoms with Gasteiger partial charge in [0.25, 0.3) is 0 Å². The molecule has 98 valence electrons. The summed E-state index contributed by atoms with van der Waals surface area (Å²) in [7, 11) is 3.80. The van der Waals surface area contributed by atoms with E-state index in [9.17, 15) is 0 Å². The van der Waals surface area contributed by atoms with Crippen LogP contribution in [0.2, 0.25) is 5.02 Å².